The summed E-state index contributed by atoms with van der Waals surface area (Å²) in [5, 5.41) is 9.45. The Morgan fingerprint density at radius 1 is 1.28 bits per heavy atom. The topological polar surface area (TPSA) is 61.0 Å². The van der Waals surface area contributed by atoms with Crippen LogP contribution in [-0.2, 0) is 0 Å². The number of nitrogens with one attached hydrogen (secondary N) is 2. The molecule has 5 heteroatoms. The monoisotopic (exact) mass is 244 g/mol. The number of anilines is 2. The fraction of sp³-hybridized carbons (Fsp3) is 0.231. The molecule has 1 aromatic heterocycles. The molecule has 2 aromatic rings. The summed E-state index contributed by atoms with van der Waals surface area (Å²) in [4.78, 5) is 13.8. The quantitative estimate of drug-likeness (QED) is 0.868. The van der Waals surface area contributed by atoms with Gasteiger partial charge in [0.05, 0.1) is 0 Å². The van der Waals surface area contributed by atoms with Crippen LogP contribution in [0.5, 0.6) is 0 Å². The van der Waals surface area contributed by atoms with Crippen LogP contribution in [-0.4, -0.2) is 30.2 Å². The van der Waals surface area contributed by atoms with Crippen molar-refractivity contribution >= 4 is 17.3 Å². The Hall–Kier alpha value is -2.30. The van der Waals surface area contributed by atoms with Crippen LogP contribution in [0.25, 0.3) is 0 Å². The van der Waals surface area contributed by atoms with E-state index in [1.54, 1.807) is 6.07 Å². The Kier molecular flexibility index (Phi) is 3.32. The Labute approximate surface area is 106 Å². The second-order valence-corrected chi connectivity index (χ2v) is 4.33. The number of aromatic nitrogens is 2. The normalized spacial score (nSPS) is 10.2. The van der Waals surface area contributed by atoms with E-state index in [4.69, 9.17) is 0 Å². The van der Waals surface area contributed by atoms with Gasteiger partial charge in [0.2, 0.25) is 0 Å². The van der Waals surface area contributed by atoms with Crippen LogP contribution in [0.15, 0.2) is 30.3 Å². The fourth-order valence-electron chi connectivity index (χ4n) is 1.57. The molecule has 2 rings (SSSR count). The number of hydrogen-bond acceptors (Lipinski definition) is 3. The average molecular weight is 244 g/mol. The van der Waals surface area contributed by atoms with Crippen LogP contribution in [0, 0.1) is 6.92 Å². The van der Waals surface area contributed by atoms with E-state index in [0.717, 1.165) is 17.1 Å². The molecule has 5 nitrogen and oxygen atoms in total. The lowest BCUT2D eigenvalue weighted by Gasteiger charge is -2.12. The number of benzene rings is 1. The molecule has 0 aliphatic carbocycles. The van der Waals surface area contributed by atoms with Crippen molar-refractivity contribution in [2.75, 3.05) is 24.3 Å². The van der Waals surface area contributed by atoms with Crippen LogP contribution >= 0.6 is 0 Å². The summed E-state index contributed by atoms with van der Waals surface area (Å²) in [6.07, 6.45) is 0. The van der Waals surface area contributed by atoms with Gasteiger partial charge in [0.25, 0.3) is 5.91 Å². The van der Waals surface area contributed by atoms with Crippen molar-refractivity contribution in [2.24, 2.45) is 0 Å². The Balaban J connectivity index is 2.07. The Morgan fingerprint density at radius 2 is 1.94 bits per heavy atom. The lowest BCUT2D eigenvalue weighted by molar-refractivity contribution is 0.102. The number of carbonyl (C=O) groups is 1. The molecule has 94 valence electrons. The van der Waals surface area contributed by atoms with Gasteiger partial charge in [-0.3, -0.25) is 9.89 Å². The molecule has 0 saturated heterocycles. The SMILES string of the molecule is Cc1cc(C(=O)Nc2ccc(N(C)C)cc2)n[nH]1. The molecule has 1 heterocycles. The standard InChI is InChI=1S/C13H16N4O/c1-9-8-12(16-15-9)13(18)14-10-4-6-11(7-5-10)17(2)3/h4-8H,1-3H3,(H,14,18)(H,15,16). The first-order valence-electron chi connectivity index (χ1n) is 5.67. The first kappa shape index (κ1) is 12.2. The van der Waals surface area contributed by atoms with Gasteiger partial charge in [-0.1, -0.05) is 0 Å². The summed E-state index contributed by atoms with van der Waals surface area (Å²) in [5.74, 6) is -0.211. The molecule has 0 aliphatic rings. The summed E-state index contributed by atoms with van der Waals surface area (Å²) in [7, 11) is 3.94. The van der Waals surface area contributed by atoms with Gasteiger partial charge >= 0.3 is 0 Å². The second kappa shape index (κ2) is 4.91. The summed E-state index contributed by atoms with van der Waals surface area (Å²) in [6, 6.07) is 9.35. The molecule has 0 spiro atoms. The molecule has 0 saturated carbocycles. The van der Waals surface area contributed by atoms with Crippen molar-refractivity contribution in [1.29, 1.82) is 0 Å². The van der Waals surface area contributed by atoms with Gasteiger partial charge in [-0.2, -0.15) is 5.10 Å². The second-order valence-electron chi connectivity index (χ2n) is 4.33. The zero-order valence-electron chi connectivity index (χ0n) is 10.7. The van der Waals surface area contributed by atoms with E-state index < -0.39 is 0 Å². The van der Waals surface area contributed by atoms with Gasteiger partial charge < -0.3 is 10.2 Å². The third-order valence-corrected chi connectivity index (χ3v) is 2.58. The summed E-state index contributed by atoms with van der Waals surface area (Å²) in [6.45, 7) is 1.86. The van der Waals surface area contributed by atoms with Crippen LogP contribution in [0.4, 0.5) is 11.4 Å². The van der Waals surface area contributed by atoms with Gasteiger partial charge in [-0.15, -0.1) is 0 Å². The van der Waals surface area contributed by atoms with Crippen molar-refractivity contribution < 1.29 is 4.79 Å². The third-order valence-electron chi connectivity index (χ3n) is 2.58. The van der Waals surface area contributed by atoms with Gasteiger partial charge in [-0.25, -0.2) is 0 Å². The van der Waals surface area contributed by atoms with Crippen molar-refractivity contribution in [3.8, 4) is 0 Å². The number of hydrogen-bond donors (Lipinski definition) is 2. The molecule has 0 aliphatic heterocycles. The first-order chi connectivity index (χ1) is 8.56. The average Bonchev–Trinajstić information content (AvgIpc) is 2.76. The predicted octanol–water partition coefficient (Wildman–Crippen LogP) is 2.04. The maximum absolute atomic E-state index is 11.8. The minimum atomic E-state index is -0.211. The molecule has 18 heavy (non-hydrogen) atoms. The molecule has 0 fully saturated rings. The Bertz CT molecular complexity index is 542. The molecule has 0 atom stereocenters. The number of rotatable bonds is 3. The van der Waals surface area contributed by atoms with Crippen LogP contribution in [0.2, 0.25) is 0 Å². The molecule has 1 aromatic carbocycles. The predicted molar refractivity (Wildman–Crippen MR) is 72.0 cm³/mol. The zero-order valence-corrected chi connectivity index (χ0v) is 10.7. The van der Waals surface area contributed by atoms with Crippen molar-refractivity contribution in [2.45, 2.75) is 6.92 Å². The first-order valence-corrected chi connectivity index (χ1v) is 5.67. The highest BCUT2D eigenvalue weighted by Crippen LogP contribution is 2.16. The highest BCUT2D eigenvalue weighted by Gasteiger charge is 2.09. The number of aromatic amines is 1. The van der Waals surface area contributed by atoms with Gasteiger partial charge in [-0.05, 0) is 37.3 Å². The van der Waals surface area contributed by atoms with Gasteiger partial charge in [0.15, 0.2) is 5.69 Å². The van der Waals surface area contributed by atoms with E-state index in [9.17, 15) is 4.79 Å². The minimum absolute atomic E-state index is 0.211. The van der Waals surface area contributed by atoms with Crippen molar-refractivity contribution in [1.82, 2.24) is 10.2 Å². The maximum atomic E-state index is 11.8. The van der Waals surface area contributed by atoms with E-state index in [2.05, 4.69) is 15.5 Å². The maximum Gasteiger partial charge on any atom is 0.276 e. The number of nitrogens with zero attached hydrogens (tertiary/aromatic N) is 2. The number of amides is 1. The minimum Gasteiger partial charge on any atom is -0.378 e. The van der Waals surface area contributed by atoms with Gasteiger partial charge in [0, 0.05) is 31.2 Å². The van der Waals surface area contributed by atoms with Crippen LogP contribution < -0.4 is 10.2 Å². The lowest BCUT2D eigenvalue weighted by Crippen LogP contribution is -2.13. The molecule has 1 amide bonds. The smallest absolute Gasteiger partial charge is 0.276 e. The fourth-order valence-corrected chi connectivity index (χ4v) is 1.57. The summed E-state index contributed by atoms with van der Waals surface area (Å²) >= 11 is 0. The van der Waals surface area contributed by atoms with E-state index in [0.29, 0.717) is 5.69 Å². The highest BCUT2D eigenvalue weighted by atomic mass is 16.1. The Morgan fingerprint density at radius 3 is 2.44 bits per heavy atom. The van der Waals surface area contributed by atoms with E-state index in [1.165, 1.54) is 0 Å². The largest absolute Gasteiger partial charge is 0.378 e. The number of aryl methyl sites for hydroxylation is 1. The number of H-pyrrole nitrogens is 1. The van der Waals surface area contributed by atoms with Gasteiger partial charge in [0.1, 0.15) is 0 Å². The molecular formula is C13H16N4O. The third kappa shape index (κ3) is 2.68. The zero-order chi connectivity index (χ0) is 13.1. The van der Waals surface area contributed by atoms with Crippen molar-refractivity contribution in [3.05, 3.63) is 41.7 Å². The van der Waals surface area contributed by atoms with E-state index in [-0.39, 0.29) is 5.91 Å². The summed E-state index contributed by atoms with van der Waals surface area (Å²) < 4.78 is 0. The highest BCUT2D eigenvalue weighted by molar-refractivity contribution is 6.02. The molecular weight excluding hydrogens is 228 g/mol. The summed E-state index contributed by atoms with van der Waals surface area (Å²) in [5.41, 5.74) is 3.10. The molecule has 0 radical (unpaired) electrons. The lowest BCUT2D eigenvalue weighted by atomic mass is 10.2. The molecule has 2 N–H and O–H groups in total. The molecule has 0 unspecified atom stereocenters. The van der Waals surface area contributed by atoms with Crippen molar-refractivity contribution in [3.63, 3.8) is 0 Å². The van der Waals surface area contributed by atoms with Crippen LogP contribution in [0.3, 0.4) is 0 Å². The van der Waals surface area contributed by atoms with Crippen LogP contribution in [0.1, 0.15) is 16.2 Å². The molecule has 0 bridgehead atoms. The number of carbonyl (C=O) groups excluding carboxylic acids is 1. The van der Waals surface area contributed by atoms with E-state index in [1.807, 2.05) is 50.2 Å². The van der Waals surface area contributed by atoms with E-state index >= 15 is 0 Å².